The summed E-state index contributed by atoms with van der Waals surface area (Å²) in [4.78, 5) is 27.8. The molecule has 0 fully saturated rings. The maximum absolute atomic E-state index is 11.8. The van der Waals surface area contributed by atoms with Crippen molar-refractivity contribution in [2.75, 3.05) is 14.1 Å². The Morgan fingerprint density at radius 3 is 2.53 bits per heavy atom. The van der Waals surface area contributed by atoms with Crippen molar-refractivity contribution in [2.45, 2.75) is 12.6 Å². The number of rotatable bonds is 5. The Morgan fingerprint density at radius 2 is 2.06 bits per heavy atom. The van der Waals surface area contributed by atoms with E-state index < -0.39 is 17.9 Å². The molecule has 0 bridgehead atoms. The number of aliphatic carboxylic acids is 1. The molecule has 1 atom stereocenters. The van der Waals surface area contributed by atoms with Gasteiger partial charge in [-0.1, -0.05) is 0 Å². The molecule has 0 saturated heterocycles. The standard InChI is InChI=1S/C11H15N3O3/c1-12-9(11(16)17)10(15)14(2)7-8-3-5-13-6-4-8/h3-6,9,12H,7H2,1-2H3,(H,16,17). The molecule has 1 unspecified atom stereocenters. The summed E-state index contributed by atoms with van der Waals surface area (Å²) in [6.07, 6.45) is 3.25. The zero-order valence-electron chi connectivity index (χ0n) is 9.75. The third-order valence-electron chi connectivity index (χ3n) is 2.33. The van der Waals surface area contributed by atoms with E-state index >= 15 is 0 Å². The lowest BCUT2D eigenvalue weighted by Crippen LogP contribution is -2.48. The summed E-state index contributed by atoms with van der Waals surface area (Å²) in [6, 6.07) is 2.35. The van der Waals surface area contributed by atoms with Gasteiger partial charge in [-0.05, 0) is 24.7 Å². The second-order valence-corrected chi connectivity index (χ2v) is 3.61. The quantitative estimate of drug-likeness (QED) is 0.688. The SMILES string of the molecule is CNC(C(=O)O)C(=O)N(C)Cc1ccncc1. The van der Waals surface area contributed by atoms with E-state index in [9.17, 15) is 9.59 Å². The fraction of sp³-hybridized carbons (Fsp3) is 0.364. The third kappa shape index (κ3) is 3.53. The van der Waals surface area contributed by atoms with Gasteiger partial charge in [0.2, 0.25) is 0 Å². The predicted octanol–water partition coefficient (Wildman–Crippen LogP) is -0.287. The molecule has 0 radical (unpaired) electrons. The highest BCUT2D eigenvalue weighted by atomic mass is 16.4. The minimum absolute atomic E-state index is 0.354. The monoisotopic (exact) mass is 237 g/mol. The Labute approximate surface area is 99.3 Å². The Hall–Kier alpha value is -1.95. The van der Waals surface area contributed by atoms with Crippen molar-refractivity contribution in [1.82, 2.24) is 15.2 Å². The molecule has 1 heterocycles. The average Bonchev–Trinajstić information content (AvgIpc) is 2.30. The summed E-state index contributed by atoms with van der Waals surface area (Å²) in [7, 11) is 3.01. The minimum atomic E-state index is -1.21. The van der Waals surface area contributed by atoms with Gasteiger partial charge in [0.15, 0.2) is 6.04 Å². The van der Waals surface area contributed by atoms with Gasteiger partial charge in [0.1, 0.15) is 0 Å². The van der Waals surface area contributed by atoms with Crippen molar-refractivity contribution in [3.05, 3.63) is 30.1 Å². The van der Waals surface area contributed by atoms with Crippen LogP contribution in [0.25, 0.3) is 0 Å². The highest BCUT2D eigenvalue weighted by Gasteiger charge is 2.27. The van der Waals surface area contributed by atoms with Crippen molar-refractivity contribution in [2.24, 2.45) is 0 Å². The van der Waals surface area contributed by atoms with Gasteiger partial charge >= 0.3 is 5.97 Å². The smallest absolute Gasteiger partial charge is 0.330 e. The number of hydrogen-bond donors (Lipinski definition) is 2. The summed E-state index contributed by atoms with van der Waals surface area (Å²) in [6.45, 7) is 0.354. The van der Waals surface area contributed by atoms with E-state index in [4.69, 9.17) is 5.11 Å². The Bertz CT molecular complexity index is 394. The first-order valence-electron chi connectivity index (χ1n) is 5.10. The number of carboxylic acids is 1. The molecule has 1 amide bonds. The average molecular weight is 237 g/mol. The lowest BCUT2D eigenvalue weighted by atomic mass is 10.2. The minimum Gasteiger partial charge on any atom is -0.480 e. The molecule has 0 spiro atoms. The predicted molar refractivity (Wildman–Crippen MR) is 61.2 cm³/mol. The van der Waals surface area contributed by atoms with Gasteiger partial charge in [-0.15, -0.1) is 0 Å². The molecule has 0 aromatic carbocycles. The van der Waals surface area contributed by atoms with Crippen LogP contribution in [0.1, 0.15) is 5.56 Å². The molecule has 6 nitrogen and oxygen atoms in total. The summed E-state index contributed by atoms with van der Waals surface area (Å²) in [5.74, 6) is -1.66. The molecule has 1 aromatic heterocycles. The molecule has 2 N–H and O–H groups in total. The number of carbonyl (C=O) groups excluding carboxylic acids is 1. The van der Waals surface area contributed by atoms with Gasteiger partial charge in [0.05, 0.1) is 0 Å². The fourth-order valence-electron chi connectivity index (χ4n) is 1.41. The van der Waals surface area contributed by atoms with E-state index in [1.54, 1.807) is 31.6 Å². The van der Waals surface area contributed by atoms with Crippen LogP contribution < -0.4 is 5.32 Å². The van der Waals surface area contributed by atoms with Crippen LogP contribution in [0.3, 0.4) is 0 Å². The number of carboxylic acid groups (broad SMARTS) is 1. The number of pyridine rings is 1. The van der Waals surface area contributed by atoms with Crippen LogP contribution in [0, 0.1) is 0 Å². The summed E-state index contributed by atoms with van der Waals surface area (Å²) in [5.41, 5.74) is 0.899. The van der Waals surface area contributed by atoms with Gasteiger partial charge in [-0.2, -0.15) is 0 Å². The first-order valence-corrected chi connectivity index (χ1v) is 5.10. The van der Waals surface area contributed by atoms with Gasteiger partial charge in [0.25, 0.3) is 5.91 Å². The molecule has 0 aliphatic heterocycles. The molecule has 6 heteroatoms. The van der Waals surface area contributed by atoms with E-state index in [1.165, 1.54) is 11.9 Å². The lowest BCUT2D eigenvalue weighted by Gasteiger charge is -2.21. The van der Waals surface area contributed by atoms with E-state index in [2.05, 4.69) is 10.3 Å². The molecular weight excluding hydrogens is 222 g/mol. The van der Waals surface area contributed by atoms with E-state index in [1.807, 2.05) is 0 Å². The van der Waals surface area contributed by atoms with Crippen molar-refractivity contribution in [1.29, 1.82) is 0 Å². The Morgan fingerprint density at radius 1 is 1.47 bits per heavy atom. The number of amides is 1. The van der Waals surface area contributed by atoms with Crippen LogP contribution in [0.2, 0.25) is 0 Å². The van der Waals surface area contributed by atoms with Crippen LogP contribution in [-0.2, 0) is 16.1 Å². The maximum Gasteiger partial charge on any atom is 0.330 e. The van der Waals surface area contributed by atoms with Gasteiger partial charge < -0.3 is 10.0 Å². The van der Waals surface area contributed by atoms with E-state index in [-0.39, 0.29) is 0 Å². The molecule has 0 saturated carbocycles. The Kier molecular flexibility index (Phi) is 4.59. The first kappa shape index (κ1) is 13.1. The number of carbonyl (C=O) groups is 2. The largest absolute Gasteiger partial charge is 0.480 e. The zero-order chi connectivity index (χ0) is 12.8. The van der Waals surface area contributed by atoms with Gasteiger partial charge in [0, 0.05) is 26.0 Å². The number of nitrogens with zero attached hydrogens (tertiary/aromatic N) is 2. The number of hydrogen-bond acceptors (Lipinski definition) is 4. The van der Waals surface area contributed by atoms with Crippen LogP contribution in [0.4, 0.5) is 0 Å². The molecule has 0 aliphatic carbocycles. The summed E-state index contributed by atoms with van der Waals surface area (Å²) >= 11 is 0. The molecule has 1 aromatic rings. The summed E-state index contributed by atoms with van der Waals surface area (Å²) in [5, 5.41) is 11.3. The third-order valence-corrected chi connectivity index (χ3v) is 2.33. The second kappa shape index (κ2) is 5.95. The number of aromatic nitrogens is 1. The van der Waals surface area contributed by atoms with Crippen LogP contribution >= 0.6 is 0 Å². The molecule has 1 rings (SSSR count). The number of nitrogens with one attached hydrogen (secondary N) is 1. The van der Waals surface area contributed by atoms with E-state index in [0.29, 0.717) is 6.54 Å². The van der Waals surface area contributed by atoms with Crippen molar-refractivity contribution in [3.8, 4) is 0 Å². The number of likely N-dealkylation sites (N-methyl/N-ethyl adjacent to an activating group) is 2. The van der Waals surface area contributed by atoms with Crippen LogP contribution in [-0.4, -0.2) is 47.0 Å². The highest BCUT2D eigenvalue weighted by molar-refractivity contribution is 6.00. The highest BCUT2D eigenvalue weighted by Crippen LogP contribution is 2.03. The van der Waals surface area contributed by atoms with Crippen molar-refractivity contribution in [3.63, 3.8) is 0 Å². The second-order valence-electron chi connectivity index (χ2n) is 3.61. The normalized spacial score (nSPS) is 11.9. The Balaban J connectivity index is 2.67. The van der Waals surface area contributed by atoms with Gasteiger partial charge in [-0.3, -0.25) is 15.1 Å². The first-order chi connectivity index (χ1) is 8.06. The zero-order valence-corrected chi connectivity index (χ0v) is 9.75. The van der Waals surface area contributed by atoms with Crippen molar-refractivity contribution >= 4 is 11.9 Å². The topological polar surface area (TPSA) is 82.5 Å². The molecule has 0 aliphatic rings. The summed E-state index contributed by atoms with van der Waals surface area (Å²) < 4.78 is 0. The van der Waals surface area contributed by atoms with Crippen molar-refractivity contribution < 1.29 is 14.7 Å². The molecular formula is C11H15N3O3. The molecule has 17 heavy (non-hydrogen) atoms. The van der Waals surface area contributed by atoms with Gasteiger partial charge in [-0.25, -0.2) is 4.79 Å². The van der Waals surface area contributed by atoms with Crippen LogP contribution in [0.15, 0.2) is 24.5 Å². The lowest BCUT2D eigenvalue weighted by molar-refractivity contribution is -0.147. The maximum atomic E-state index is 11.8. The van der Waals surface area contributed by atoms with E-state index in [0.717, 1.165) is 5.56 Å². The fourth-order valence-corrected chi connectivity index (χ4v) is 1.41. The molecule has 92 valence electrons. The van der Waals surface area contributed by atoms with Crippen LogP contribution in [0.5, 0.6) is 0 Å².